The summed E-state index contributed by atoms with van der Waals surface area (Å²) in [5, 5.41) is 25.0. The Balaban J connectivity index is 0.000000137. The van der Waals surface area contributed by atoms with E-state index in [1.165, 1.54) is 0 Å². The first-order valence-corrected chi connectivity index (χ1v) is 16.2. The van der Waals surface area contributed by atoms with E-state index >= 15 is 0 Å². The maximum atomic E-state index is 12.1. The van der Waals surface area contributed by atoms with Gasteiger partial charge >= 0.3 is 5.97 Å². The number of aromatic nitrogens is 1. The molecule has 0 unspecified atom stereocenters. The Labute approximate surface area is 286 Å². The summed E-state index contributed by atoms with van der Waals surface area (Å²) in [4.78, 5) is 17.5. The fraction of sp³-hybridized carbons (Fsp3) is 0. The van der Waals surface area contributed by atoms with Crippen LogP contribution in [0.25, 0.3) is 42.3 Å². The third kappa shape index (κ3) is 7.25. The highest BCUT2D eigenvalue weighted by Crippen LogP contribution is 2.39. The van der Waals surface area contributed by atoms with Gasteiger partial charge < -0.3 is 20.7 Å². The lowest BCUT2D eigenvalue weighted by molar-refractivity contribution is 0.0732. The number of thiazole rings is 1. The van der Waals surface area contributed by atoms with Gasteiger partial charge in [-0.2, -0.15) is 0 Å². The fourth-order valence-corrected chi connectivity index (χ4v) is 6.13. The van der Waals surface area contributed by atoms with E-state index in [1.54, 1.807) is 53.8 Å². The van der Waals surface area contributed by atoms with Gasteiger partial charge in [0.1, 0.15) is 27.8 Å². The number of thiol groups is 1. The van der Waals surface area contributed by atoms with Gasteiger partial charge in [0.15, 0.2) is 0 Å². The molecule has 0 saturated carbocycles. The molecule has 48 heavy (non-hydrogen) atoms. The SMILES string of the molecule is Nc1ccccc1S.O=C(Oc1ccccc1)c1ccc2ccccc2c1O.Oc1c(-c2nc3ccccc3s2)ccc2ccccc12. The van der Waals surface area contributed by atoms with Gasteiger partial charge in [0, 0.05) is 21.4 Å². The highest BCUT2D eigenvalue weighted by molar-refractivity contribution is 7.80. The molecule has 0 fully saturated rings. The highest BCUT2D eigenvalue weighted by Gasteiger charge is 2.16. The lowest BCUT2D eigenvalue weighted by atomic mass is 10.1. The Morgan fingerprint density at radius 2 is 1.23 bits per heavy atom. The first-order chi connectivity index (χ1) is 23.4. The molecule has 7 aromatic carbocycles. The molecule has 4 N–H and O–H groups in total. The summed E-state index contributed by atoms with van der Waals surface area (Å²) in [5.41, 5.74) is 8.10. The van der Waals surface area contributed by atoms with Gasteiger partial charge in [0.2, 0.25) is 0 Å². The van der Waals surface area contributed by atoms with Gasteiger partial charge in [0.25, 0.3) is 0 Å². The molecule has 0 saturated heterocycles. The Morgan fingerprint density at radius 3 is 1.90 bits per heavy atom. The second-order valence-electron chi connectivity index (χ2n) is 10.6. The van der Waals surface area contributed by atoms with E-state index in [4.69, 9.17) is 10.5 Å². The quantitative estimate of drug-likeness (QED) is 0.0647. The van der Waals surface area contributed by atoms with Crippen molar-refractivity contribution < 1.29 is 19.7 Å². The Bertz CT molecular complexity index is 2300. The van der Waals surface area contributed by atoms with Crippen LogP contribution in [0.3, 0.4) is 0 Å². The van der Waals surface area contributed by atoms with Crippen molar-refractivity contribution in [2.75, 3.05) is 5.73 Å². The molecule has 8 aromatic rings. The third-order valence-electron chi connectivity index (χ3n) is 7.44. The second-order valence-corrected chi connectivity index (χ2v) is 12.1. The average molecular weight is 667 g/mol. The fourth-order valence-electron chi connectivity index (χ4n) is 4.97. The van der Waals surface area contributed by atoms with E-state index in [2.05, 4.69) is 23.7 Å². The second kappa shape index (κ2) is 14.7. The molecule has 0 spiro atoms. The molecule has 0 aliphatic rings. The number of carbonyl (C=O) groups excluding carboxylic acids is 1. The van der Waals surface area contributed by atoms with Crippen LogP contribution in [-0.2, 0) is 0 Å². The number of rotatable bonds is 3. The van der Waals surface area contributed by atoms with Gasteiger partial charge in [-0.3, -0.25) is 0 Å². The molecule has 0 bridgehead atoms. The van der Waals surface area contributed by atoms with Gasteiger partial charge in [-0.25, -0.2) is 9.78 Å². The monoisotopic (exact) mass is 666 g/mol. The van der Waals surface area contributed by atoms with Crippen molar-refractivity contribution in [1.82, 2.24) is 4.98 Å². The number of nitrogen functional groups attached to an aromatic ring is 1. The van der Waals surface area contributed by atoms with Crippen LogP contribution < -0.4 is 10.5 Å². The zero-order chi connectivity index (χ0) is 33.5. The minimum Gasteiger partial charge on any atom is -0.507 e. The minimum absolute atomic E-state index is 0.0518. The van der Waals surface area contributed by atoms with Crippen LogP contribution in [0.15, 0.2) is 157 Å². The van der Waals surface area contributed by atoms with E-state index in [1.807, 2.05) is 103 Å². The zero-order valence-corrected chi connectivity index (χ0v) is 27.2. The Hall–Kier alpha value is -5.83. The number of nitrogens with two attached hydrogens (primary N) is 1. The van der Waals surface area contributed by atoms with E-state index in [-0.39, 0.29) is 11.3 Å². The number of phenolic OH excluding ortho intramolecular Hbond substituents is 2. The summed E-state index contributed by atoms with van der Waals surface area (Å²) in [6.07, 6.45) is 0. The van der Waals surface area contributed by atoms with Crippen molar-refractivity contribution in [3.05, 3.63) is 157 Å². The molecule has 0 atom stereocenters. The number of anilines is 1. The highest BCUT2D eigenvalue weighted by atomic mass is 32.1. The number of ether oxygens (including phenoxy) is 1. The topological polar surface area (TPSA) is 106 Å². The van der Waals surface area contributed by atoms with Gasteiger partial charge in [-0.05, 0) is 59.3 Å². The molecule has 8 heteroatoms. The number of benzene rings is 7. The molecule has 0 aliphatic heterocycles. The average Bonchev–Trinajstić information content (AvgIpc) is 3.55. The van der Waals surface area contributed by atoms with E-state index in [0.29, 0.717) is 16.9 Å². The van der Waals surface area contributed by atoms with Crippen molar-refractivity contribution in [3.8, 4) is 27.8 Å². The number of hydrogen-bond acceptors (Lipinski definition) is 8. The lowest BCUT2D eigenvalue weighted by Gasteiger charge is -2.08. The smallest absolute Gasteiger partial charge is 0.347 e. The molecule has 236 valence electrons. The summed E-state index contributed by atoms with van der Waals surface area (Å²) in [6.45, 7) is 0. The van der Waals surface area contributed by atoms with Crippen LogP contribution in [0.4, 0.5) is 5.69 Å². The van der Waals surface area contributed by atoms with Crippen LogP contribution in [0.1, 0.15) is 10.4 Å². The van der Waals surface area contributed by atoms with E-state index in [0.717, 1.165) is 47.5 Å². The summed E-state index contributed by atoms with van der Waals surface area (Å²) < 4.78 is 6.37. The third-order valence-corrected chi connectivity index (χ3v) is 8.91. The zero-order valence-electron chi connectivity index (χ0n) is 25.5. The van der Waals surface area contributed by atoms with Crippen molar-refractivity contribution in [2.24, 2.45) is 0 Å². The van der Waals surface area contributed by atoms with Crippen molar-refractivity contribution >= 4 is 67.4 Å². The molecule has 6 nitrogen and oxygen atoms in total. The predicted octanol–water partition coefficient (Wildman–Crippen LogP) is 10.1. The molecule has 0 aliphatic carbocycles. The van der Waals surface area contributed by atoms with Gasteiger partial charge in [-0.15, -0.1) is 24.0 Å². The van der Waals surface area contributed by atoms with Crippen LogP contribution in [0.2, 0.25) is 0 Å². The van der Waals surface area contributed by atoms with Crippen molar-refractivity contribution in [1.29, 1.82) is 0 Å². The molecule has 1 aromatic heterocycles. The molecular weight excluding hydrogens is 637 g/mol. The number of esters is 1. The first-order valence-electron chi connectivity index (χ1n) is 15.0. The summed E-state index contributed by atoms with van der Waals surface area (Å²) >= 11 is 5.67. The minimum atomic E-state index is -0.570. The number of para-hydroxylation sites is 3. The maximum absolute atomic E-state index is 12.1. The number of aromatic hydroxyl groups is 2. The maximum Gasteiger partial charge on any atom is 0.347 e. The Kier molecular flexibility index (Phi) is 9.85. The number of nitrogens with zero attached hydrogens (tertiary/aromatic N) is 1. The van der Waals surface area contributed by atoms with Crippen LogP contribution in [-0.4, -0.2) is 21.2 Å². The van der Waals surface area contributed by atoms with Gasteiger partial charge in [-0.1, -0.05) is 103 Å². The standard InChI is InChI=1S/C17H11NOS.C17H12O3.C6H7NS/c19-16-12-6-2-1-5-11(12)9-10-13(16)17-18-14-7-3-4-8-15(14)20-17;18-16-14-9-5-4-6-12(14)10-11-15(16)17(19)20-13-7-2-1-3-8-13;7-5-3-1-2-4-6(5)8/h1-10,19H;1-11,18H;1-4,8H,7H2. The normalized spacial score (nSPS) is 10.5. The van der Waals surface area contributed by atoms with Crippen LogP contribution in [0, 0.1) is 0 Å². The summed E-state index contributed by atoms with van der Waals surface area (Å²) in [5.74, 6) is 0.135. The number of hydrogen-bond donors (Lipinski definition) is 4. The summed E-state index contributed by atoms with van der Waals surface area (Å²) in [7, 11) is 0. The van der Waals surface area contributed by atoms with E-state index in [9.17, 15) is 15.0 Å². The largest absolute Gasteiger partial charge is 0.507 e. The van der Waals surface area contributed by atoms with Crippen molar-refractivity contribution in [2.45, 2.75) is 4.90 Å². The molecule has 0 radical (unpaired) electrons. The molecule has 0 amide bonds. The van der Waals surface area contributed by atoms with Gasteiger partial charge in [0.05, 0.1) is 15.8 Å². The number of carbonyl (C=O) groups is 1. The molecular formula is C40H30N2O4S2. The molecule has 8 rings (SSSR count). The molecule has 1 heterocycles. The first kappa shape index (κ1) is 32.1. The lowest BCUT2D eigenvalue weighted by Crippen LogP contribution is -2.08. The Morgan fingerprint density at radius 1 is 0.646 bits per heavy atom. The number of phenols is 2. The summed E-state index contributed by atoms with van der Waals surface area (Å²) in [6, 6.07) is 46.8. The van der Waals surface area contributed by atoms with Crippen molar-refractivity contribution in [3.63, 3.8) is 0 Å². The van der Waals surface area contributed by atoms with Crippen LogP contribution in [0.5, 0.6) is 17.2 Å². The van der Waals surface area contributed by atoms with E-state index < -0.39 is 5.97 Å². The number of fused-ring (bicyclic) bond motifs is 3. The predicted molar refractivity (Wildman–Crippen MR) is 199 cm³/mol. The van der Waals surface area contributed by atoms with Crippen LogP contribution >= 0.6 is 24.0 Å².